The van der Waals surface area contributed by atoms with E-state index in [-0.39, 0.29) is 11.3 Å². The van der Waals surface area contributed by atoms with E-state index in [2.05, 4.69) is 12.2 Å². The molecule has 0 atom stereocenters. The van der Waals surface area contributed by atoms with Crippen LogP contribution in [0.2, 0.25) is 0 Å². The molecule has 4 rings (SSSR count). The second kappa shape index (κ2) is 11.2. The summed E-state index contributed by atoms with van der Waals surface area (Å²) >= 11 is 0. The summed E-state index contributed by atoms with van der Waals surface area (Å²) in [7, 11) is 0. The van der Waals surface area contributed by atoms with E-state index in [0.717, 1.165) is 35.1 Å². The number of rotatable bonds is 9. The van der Waals surface area contributed by atoms with Gasteiger partial charge >= 0.3 is 5.97 Å². The number of nitrogens with one attached hydrogen (secondary N) is 1. The van der Waals surface area contributed by atoms with Crippen LogP contribution in [0.1, 0.15) is 40.5 Å². The third-order valence-corrected chi connectivity index (χ3v) is 5.69. The molecule has 0 aromatic heterocycles. The number of hydrogen-bond donors (Lipinski definition) is 2. The molecular weight excluding hydrogens is 438 g/mol. The average Bonchev–Trinajstić information content (AvgIpc) is 2.89. The van der Waals surface area contributed by atoms with Gasteiger partial charge in [0.15, 0.2) is 0 Å². The minimum Gasteiger partial charge on any atom is -0.493 e. The summed E-state index contributed by atoms with van der Waals surface area (Å²) in [6.45, 7) is 2.56. The molecule has 2 N–H and O–H groups in total. The van der Waals surface area contributed by atoms with Crippen LogP contribution in [0.15, 0.2) is 97.1 Å². The summed E-state index contributed by atoms with van der Waals surface area (Å²) in [6, 6.07) is 29.9. The van der Waals surface area contributed by atoms with Crippen molar-refractivity contribution in [2.24, 2.45) is 0 Å². The summed E-state index contributed by atoms with van der Waals surface area (Å²) in [5.41, 5.74) is 4.29. The van der Waals surface area contributed by atoms with Crippen LogP contribution in [0, 0.1) is 0 Å². The molecule has 0 heterocycles. The highest BCUT2D eigenvalue weighted by atomic mass is 16.5. The molecule has 0 aliphatic rings. The van der Waals surface area contributed by atoms with E-state index < -0.39 is 11.9 Å². The van der Waals surface area contributed by atoms with Crippen molar-refractivity contribution >= 4 is 17.6 Å². The van der Waals surface area contributed by atoms with Gasteiger partial charge in [0.25, 0.3) is 5.91 Å². The smallest absolute Gasteiger partial charge is 0.337 e. The maximum Gasteiger partial charge on any atom is 0.337 e. The summed E-state index contributed by atoms with van der Waals surface area (Å²) in [5, 5.41) is 12.5. The second-order valence-corrected chi connectivity index (χ2v) is 8.16. The minimum atomic E-state index is -1.11. The lowest BCUT2D eigenvalue weighted by Gasteiger charge is -2.15. The zero-order valence-corrected chi connectivity index (χ0v) is 19.5. The standard InChI is InChI=1S/C30H27NO4/c1-2-3-18-35-28-20-24(22-12-8-5-9-13-22)15-17-26(28)29(32)31-27-19-23(14-16-25(27)30(33)34)21-10-6-4-7-11-21/h4-17,19-20H,2-3,18H2,1H3,(H,31,32)(H,33,34). The first-order valence-corrected chi connectivity index (χ1v) is 11.6. The molecule has 0 unspecified atom stereocenters. The van der Waals surface area contributed by atoms with Gasteiger partial charge in [-0.25, -0.2) is 4.79 Å². The molecule has 35 heavy (non-hydrogen) atoms. The van der Waals surface area contributed by atoms with Gasteiger partial charge in [0, 0.05) is 0 Å². The van der Waals surface area contributed by atoms with E-state index in [4.69, 9.17) is 4.74 Å². The van der Waals surface area contributed by atoms with Crippen LogP contribution in [0.3, 0.4) is 0 Å². The molecular formula is C30H27NO4. The number of carbonyl (C=O) groups is 2. The highest BCUT2D eigenvalue weighted by molar-refractivity contribution is 6.09. The predicted molar refractivity (Wildman–Crippen MR) is 139 cm³/mol. The molecule has 0 aliphatic heterocycles. The Hall–Kier alpha value is -4.38. The Morgan fingerprint density at radius 3 is 1.89 bits per heavy atom. The molecule has 5 heteroatoms. The predicted octanol–water partition coefficient (Wildman–Crippen LogP) is 7.15. The lowest BCUT2D eigenvalue weighted by atomic mass is 10.0. The van der Waals surface area contributed by atoms with Gasteiger partial charge in [0.05, 0.1) is 23.4 Å². The number of anilines is 1. The third kappa shape index (κ3) is 5.76. The molecule has 0 bridgehead atoms. The van der Waals surface area contributed by atoms with Crippen LogP contribution >= 0.6 is 0 Å². The highest BCUT2D eigenvalue weighted by Gasteiger charge is 2.18. The van der Waals surface area contributed by atoms with Crippen LogP contribution in [-0.4, -0.2) is 23.6 Å². The fourth-order valence-electron chi connectivity index (χ4n) is 3.80. The summed E-state index contributed by atoms with van der Waals surface area (Å²) < 4.78 is 5.99. The molecule has 0 radical (unpaired) electrons. The first-order chi connectivity index (χ1) is 17.1. The van der Waals surface area contributed by atoms with Gasteiger partial charge in [-0.3, -0.25) is 4.79 Å². The van der Waals surface area contributed by atoms with Crippen LogP contribution in [0.4, 0.5) is 5.69 Å². The molecule has 0 spiro atoms. The summed E-state index contributed by atoms with van der Waals surface area (Å²) in [5.74, 6) is -1.07. The molecule has 0 aliphatic carbocycles. The van der Waals surface area contributed by atoms with E-state index in [9.17, 15) is 14.7 Å². The quantitative estimate of drug-likeness (QED) is 0.257. The lowest BCUT2D eigenvalue weighted by Crippen LogP contribution is -2.16. The van der Waals surface area contributed by atoms with E-state index in [1.165, 1.54) is 6.07 Å². The van der Waals surface area contributed by atoms with E-state index in [1.54, 1.807) is 18.2 Å². The van der Waals surface area contributed by atoms with Gasteiger partial charge in [-0.2, -0.15) is 0 Å². The van der Waals surface area contributed by atoms with Crippen molar-refractivity contribution in [2.75, 3.05) is 11.9 Å². The van der Waals surface area contributed by atoms with E-state index in [1.807, 2.05) is 72.8 Å². The lowest BCUT2D eigenvalue weighted by molar-refractivity contribution is 0.0698. The third-order valence-electron chi connectivity index (χ3n) is 5.69. The number of ether oxygens (including phenoxy) is 1. The Morgan fingerprint density at radius 1 is 0.743 bits per heavy atom. The number of aromatic carboxylic acids is 1. The van der Waals surface area contributed by atoms with Crippen LogP contribution in [-0.2, 0) is 0 Å². The van der Waals surface area contributed by atoms with Gasteiger partial charge in [0.2, 0.25) is 0 Å². The average molecular weight is 466 g/mol. The Labute approximate surface area is 205 Å². The van der Waals surface area contributed by atoms with Crippen LogP contribution in [0.25, 0.3) is 22.3 Å². The Bertz CT molecular complexity index is 1320. The van der Waals surface area contributed by atoms with Gasteiger partial charge in [-0.15, -0.1) is 0 Å². The van der Waals surface area contributed by atoms with Gasteiger partial charge in [-0.1, -0.05) is 86.1 Å². The van der Waals surface area contributed by atoms with Crippen molar-refractivity contribution in [2.45, 2.75) is 19.8 Å². The highest BCUT2D eigenvalue weighted by Crippen LogP contribution is 2.30. The Kier molecular flexibility index (Phi) is 7.58. The molecule has 1 amide bonds. The fraction of sp³-hybridized carbons (Fsp3) is 0.133. The Morgan fingerprint density at radius 2 is 1.31 bits per heavy atom. The molecule has 0 saturated heterocycles. The normalized spacial score (nSPS) is 10.5. The molecule has 4 aromatic carbocycles. The van der Waals surface area contributed by atoms with Gasteiger partial charge < -0.3 is 15.2 Å². The number of hydrogen-bond acceptors (Lipinski definition) is 3. The van der Waals surface area contributed by atoms with Crippen LogP contribution < -0.4 is 10.1 Å². The van der Waals surface area contributed by atoms with Crippen molar-refractivity contribution in [3.05, 3.63) is 108 Å². The molecule has 176 valence electrons. The number of unbranched alkanes of at least 4 members (excludes halogenated alkanes) is 1. The summed E-state index contributed by atoms with van der Waals surface area (Å²) in [4.78, 5) is 25.2. The number of carboxylic acid groups (broad SMARTS) is 1. The first-order valence-electron chi connectivity index (χ1n) is 11.6. The van der Waals surface area contributed by atoms with Crippen molar-refractivity contribution in [3.8, 4) is 28.0 Å². The monoisotopic (exact) mass is 465 g/mol. The fourth-order valence-corrected chi connectivity index (χ4v) is 3.80. The Balaban J connectivity index is 1.68. The number of benzene rings is 4. The molecule has 4 aromatic rings. The minimum absolute atomic E-state index is 0.0207. The summed E-state index contributed by atoms with van der Waals surface area (Å²) in [6.07, 6.45) is 1.83. The molecule has 0 saturated carbocycles. The van der Waals surface area contributed by atoms with E-state index >= 15 is 0 Å². The number of carbonyl (C=O) groups excluding carboxylic acids is 1. The zero-order valence-electron chi connectivity index (χ0n) is 19.5. The van der Waals surface area contributed by atoms with E-state index in [0.29, 0.717) is 17.9 Å². The van der Waals surface area contributed by atoms with Crippen molar-refractivity contribution in [1.82, 2.24) is 0 Å². The number of amides is 1. The molecule has 0 fully saturated rings. The topological polar surface area (TPSA) is 75.6 Å². The maximum atomic E-state index is 13.4. The van der Waals surface area contributed by atoms with Crippen molar-refractivity contribution in [1.29, 1.82) is 0 Å². The largest absolute Gasteiger partial charge is 0.493 e. The zero-order chi connectivity index (χ0) is 24.6. The SMILES string of the molecule is CCCCOc1cc(-c2ccccc2)ccc1C(=O)Nc1cc(-c2ccccc2)ccc1C(=O)O. The second-order valence-electron chi connectivity index (χ2n) is 8.16. The van der Waals surface area contributed by atoms with Gasteiger partial charge in [0.1, 0.15) is 5.75 Å². The van der Waals surface area contributed by atoms with Crippen molar-refractivity contribution in [3.63, 3.8) is 0 Å². The van der Waals surface area contributed by atoms with Crippen molar-refractivity contribution < 1.29 is 19.4 Å². The number of carboxylic acids is 1. The first kappa shape index (κ1) is 23.8. The van der Waals surface area contributed by atoms with Gasteiger partial charge in [-0.05, 0) is 52.9 Å². The maximum absolute atomic E-state index is 13.4. The molecule has 5 nitrogen and oxygen atoms in total. The van der Waals surface area contributed by atoms with Crippen LogP contribution in [0.5, 0.6) is 5.75 Å².